The van der Waals surface area contributed by atoms with Crippen molar-refractivity contribution in [1.82, 2.24) is 10.3 Å². The molecule has 0 saturated carbocycles. The highest BCUT2D eigenvalue weighted by molar-refractivity contribution is 6.32. The first-order valence-corrected chi connectivity index (χ1v) is 6.97. The van der Waals surface area contributed by atoms with Gasteiger partial charge in [-0.05, 0) is 63.2 Å². The van der Waals surface area contributed by atoms with E-state index in [2.05, 4.69) is 17.2 Å². The van der Waals surface area contributed by atoms with E-state index in [-0.39, 0.29) is 6.04 Å². The summed E-state index contributed by atoms with van der Waals surface area (Å²) in [6, 6.07) is 7.98. The molecule has 1 aromatic heterocycles. The van der Waals surface area contributed by atoms with Crippen LogP contribution in [0.4, 0.5) is 0 Å². The molecule has 106 valence electrons. The minimum Gasteiger partial charge on any atom is -0.456 e. The highest BCUT2D eigenvalue weighted by atomic mass is 35.5. The number of nitrogens with zero attached hydrogens (tertiary/aromatic N) is 1. The van der Waals surface area contributed by atoms with Gasteiger partial charge in [0.15, 0.2) is 0 Å². The molecule has 1 unspecified atom stereocenters. The Bertz CT molecular complexity index is 573. The summed E-state index contributed by atoms with van der Waals surface area (Å²) in [5.41, 5.74) is 3.01. The van der Waals surface area contributed by atoms with Crippen LogP contribution in [0.3, 0.4) is 0 Å². The molecule has 0 aliphatic rings. The molecule has 2 rings (SSSR count). The Morgan fingerprint density at radius 1 is 1.15 bits per heavy atom. The van der Waals surface area contributed by atoms with E-state index in [1.807, 2.05) is 45.2 Å². The molecule has 0 aliphatic carbocycles. The zero-order chi connectivity index (χ0) is 14.7. The van der Waals surface area contributed by atoms with E-state index in [0.29, 0.717) is 0 Å². The average molecular weight is 291 g/mol. The largest absolute Gasteiger partial charge is 0.456 e. The lowest BCUT2D eigenvalue weighted by molar-refractivity contribution is 0.478. The van der Waals surface area contributed by atoms with E-state index in [0.717, 1.165) is 33.3 Å². The molecule has 4 heteroatoms. The Morgan fingerprint density at radius 2 is 1.80 bits per heavy atom. The molecule has 1 N–H and O–H groups in total. The number of hydrogen-bond acceptors (Lipinski definition) is 3. The van der Waals surface area contributed by atoms with Crippen molar-refractivity contribution in [1.29, 1.82) is 0 Å². The van der Waals surface area contributed by atoms with Crippen molar-refractivity contribution in [2.45, 2.75) is 26.8 Å². The van der Waals surface area contributed by atoms with Gasteiger partial charge in [0.2, 0.25) is 0 Å². The van der Waals surface area contributed by atoms with Gasteiger partial charge in [-0.25, -0.2) is 0 Å². The third kappa shape index (κ3) is 3.30. The summed E-state index contributed by atoms with van der Waals surface area (Å²) >= 11 is 6.15. The first-order valence-electron chi connectivity index (χ1n) is 6.59. The zero-order valence-corrected chi connectivity index (χ0v) is 13.0. The van der Waals surface area contributed by atoms with Crippen molar-refractivity contribution >= 4 is 11.6 Å². The summed E-state index contributed by atoms with van der Waals surface area (Å²) in [4.78, 5) is 4.39. The van der Waals surface area contributed by atoms with Gasteiger partial charge in [0, 0.05) is 11.1 Å². The number of pyridine rings is 1. The molecular weight excluding hydrogens is 272 g/mol. The fraction of sp³-hybridized carbons (Fsp3) is 0.312. The van der Waals surface area contributed by atoms with E-state index in [4.69, 9.17) is 16.3 Å². The van der Waals surface area contributed by atoms with Gasteiger partial charge >= 0.3 is 0 Å². The number of nitrogens with one attached hydrogen (secondary N) is 1. The number of benzene rings is 1. The molecule has 2 aromatic rings. The van der Waals surface area contributed by atoms with Crippen molar-refractivity contribution in [3.05, 3.63) is 52.3 Å². The minimum atomic E-state index is 0.226. The molecule has 3 nitrogen and oxygen atoms in total. The van der Waals surface area contributed by atoms with Gasteiger partial charge in [-0.3, -0.25) is 4.98 Å². The topological polar surface area (TPSA) is 34.1 Å². The minimum absolute atomic E-state index is 0.226. The maximum absolute atomic E-state index is 6.15. The van der Waals surface area contributed by atoms with Gasteiger partial charge in [-0.2, -0.15) is 0 Å². The van der Waals surface area contributed by atoms with Crippen LogP contribution in [-0.2, 0) is 0 Å². The zero-order valence-electron chi connectivity index (χ0n) is 12.2. The molecule has 0 fully saturated rings. The van der Waals surface area contributed by atoms with Crippen LogP contribution in [0, 0.1) is 13.8 Å². The number of aromatic nitrogens is 1. The number of rotatable bonds is 4. The maximum atomic E-state index is 6.15. The monoisotopic (exact) mass is 290 g/mol. The highest BCUT2D eigenvalue weighted by Crippen LogP contribution is 2.29. The van der Waals surface area contributed by atoms with Gasteiger partial charge in [-0.15, -0.1) is 0 Å². The van der Waals surface area contributed by atoms with Crippen molar-refractivity contribution < 1.29 is 4.74 Å². The number of halogens is 1. The summed E-state index contributed by atoms with van der Waals surface area (Å²) < 4.78 is 5.82. The van der Waals surface area contributed by atoms with Crippen molar-refractivity contribution in [2.75, 3.05) is 7.05 Å². The predicted octanol–water partition coefficient (Wildman–Crippen LogP) is 4.42. The van der Waals surface area contributed by atoms with Crippen molar-refractivity contribution in [3.8, 4) is 11.5 Å². The second kappa shape index (κ2) is 6.25. The van der Waals surface area contributed by atoms with E-state index >= 15 is 0 Å². The fourth-order valence-electron chi connectivity index (χ4n) is 1.96. The number of aryl methyl sites for hydroxylation is 2. The molecule has 0 aliphatic heterocycles. The molecule has 20 heavy (non-hydrogen) atoms. The van der Waals surface area contributed by atoms with Gasteiger partial charge in [0.25, 0.3) is 0 Å². The maximum Gasteiger partial charge on any atom is 0.145 e. The van der Waals surface area contributed by atoms with Crippen LogP contribution in [0.1, 0.15) is 29.8 Å². The molecule has 1 atom stereocenters. The molecule has 0 bridgehead atoms. The second-order valence-corrected chi connectivity index (χ2v) is 5.28. The van der Waals surface area contributed by atoms with Crippen LogP contribution in [0.15, 0.2) is 30.5 Å². The number of ether oxygens (including phenoxy) is 1. The first-order chi connectivity index (χ1) is 9.51. The van der Waals surface area contributed by atoms with Crippen LogP contribution < -0.4 is 10.1 Å². The third-order valence-electron chi connectivity index (χ3n) is 3.28. The van der Waals surface area contributed by atoms with Crippen LogP contribution in [0.5, 0.6) is 11.5 Å². The van der Waals surface area contributed by atoms with Gasteiger partial charge in [-0.1, -0.05) is 11.6 Å². The van der Waals surface area contributed by atoms with Crippen LogP contribution in [0.2, 0.25) is 5.02 Å². The Balaban J connectivity index is 2.18. The summed E-state index contributed by atoms with van der Waals surface area (Å²) in [5, 5.41) is 3.94. The van der Waals surface area contributed by atoms with E-state index < -0.39 is 0 Å². The molecule has 0 radical (unpaired) electrons. The SMILES string of the molecule is CNC(C)c1ccc(Oc2cc(C)c(Cl)c(C)c2)cn1. The number of hydrogen-bond donors (Lipinski definition) is 1. The lowest BCUT2D eigenvalue weighted by Crippen LogP contribution is -2.13. The lowest BCUT2D eigenvalue weighted by atomic mass is 10.1. The molecule has 0 spiro atoms. The summed E-state index contributed by atoms with van der Waals surface area (Å²) in [7, 11) is 1.91. The first kappa shape index (κ1) is 14.8. The predicted molar refractivity (Wildman–Crippen MR) is 82.7 cm³/mol. The Hall–Kier alpha value is -1.58. The van der Waals surface area contributed by atoms with Gasteiger partial charge in [0.05, 0.1) is 11.9 Å². The van der Waals surface area contributed by atoms with Gasteiger partial charge < -0.3 is 10.1 Å². The molecular formula is C16H19ClN2O. The normalized spacial score (nSPS) is 12.2. The summed E-state index contributed by atoms with van der Waals surface area (Å²) in [6.07, 6.45) is 1.74. The molecule has 1 heterocycles. The van der Waals surface area contributed by atoms with E-state index in [9.17, 15) is 0 Å². The van der Waals surface area contributed by atoms with Crippen LogP contribution in [-0.4, -0.2) is 12.0 Å². The Labute approximate surface area is 124 Å². The Kier molecular flexibility index (Phi) is 4.63. The lowest BCUT2D eigenvalue weighted by Gasteiger charge is -2.12. The quantitative estimate of drug-likeness (QED) is 0.905. The highest BCUT2D eigenvalue weighted by Gasteiger charge is 2.07. The van der Waals surface area contributed by atoms with E-state index in [1.165, 1.54) is 0 Å². The average Bonchev–Trinajstić information content (AvgIpc) is 2.44. The standard InChI is InChI=1S/C16H19ClN2O/c1-10-7-14(8-11(2)16(10)17)20-13-5-6-15(19-9-13)12(3)18-4/h5-9,12,18H,1-4H3. The second-order valence-electron chi connectivity index (χ2n) is 4.90. The summed E-state index contributed by atoms with van der Waals surface area (Å²) in [5.74, 6) is 1.50. The summed E-state index contributed by atoms with van der Waals surface area (Å²) in [6.45, 7) is 6.01. The molecule has 0 amide bonds. The van der Waals surface area contributed by atoms with Crippen LogP contribution >= 0.6 is 11.6 Å². The smallest absolute Gasteiger partial charge is 0.145 e. The fourth-order valence-corrected chi connectivity index (χ4v) is 2.07. The van der Waals surface area contributed by atoms with Crippen LogP contribution in [0.25, 0.3) is 0 Å². The molecule has 0 saturated heterocycles. The Morgan fingerprint density at radius 3 is 2.30 bits per heavy atom. The third-order valence-corrected chi connectivity index (χ3v) is 3.88. The van der Waals surface area contributed by atoms with Crippen molar-refractivity contribution in [2.24, 2.45) is 0 Å². The van der Waals surface area contributed by atoms with Crippen molar-refractivity contribution in [3.63, 3.8) is 0 Å². The molecule has 1 aromatic carbocycles. The van der Waals surface area contributed by atoms with Gasteiger partial charge in [0.1, 0.15) is 11.5 Å². The van der Waals surface area contributed by atoms with E-state index in [1.54, 1.807) is 6.20 Å².